The lowest BCUT2D eigenvalue weighted by molar-refractivity contribution is 0.203. The molecule has 5 nitrogen and oxygen atoms in total. The summed E-state index contributed by atoms with van der Waals surface area (Å²) in [7, 11) is 0. The molecule has 31 heavy (non-hydrogen) atoms. The molecular weight excluding hydrogens is 384 g/mol. The van der Waals surface area contributed by atoms with Crippen molar-refractivity contribution in [3.8, 4) is 5.69 Å². The molecule has 1 N–H and O–H groups in total. The molecule has 5 rings (SSSR count). The third-order valence-electron chi connectivity index (χ3n) is 6.64. The highest BCUT2D eigenvalue weighted by atomic mass is 16.3. The van der Waals surface area contributed by atoms with Gasteiger partial charge in [0.1, 0.15) is 11.6 Å². The van der Waals surface area contributed by atoms with Crippen molar-refractivity contribution in [3.63, 3.8) is 0 Å². The number of aromatic nitrogens is 3. The van der Waals surface area contributed by atoms with E-state index in [-0.39, 0.29) is 6.61 Å². The summed E-state index contributed by atoms with van der Waals surface area (Å²) in [6.07, 6.45) is 1.99. The number of aliphatic hydroxyl groups excluding tert-OH is 1. The fourth-order valence-corrected chi connectivity index (χ4v) is 5.25. The number of aryl methyl sites for hydroxylation is 4. The molecule has 0 amide bonds. The summed E-state index contributed by atoms with van der Waals surface area (Å²) in [5.41, 5.74) is 7.13. The number of piperidine rings is 1. The van der Waals surface area contributed by atoms with Crippen LogP contribution in [-0.4, -0.2) is 39.3 Å². The zero-order valence-corrected chi connectivity index (χ0v) is 18.8. The van der Waals surface area contributed by atoms with E-state index in [4.69, 9.17) is 9.97 Å². The highest BCUT2D eigenvalue weighted by Gasteiger charge is 2.25. The van der Waals surface area contributed by atoms with Gasteiger partial charge in [0, 0.05) is 25.1 Å². The maximum atomic E-state index is 9.56. The number of fused-ring (bicyclic) bond motifs is 3. The average molecular weight is 415 g/mol. The maximum absolute atomic E-state index is 9.56. The van der Waals surface area contributed by atoms with Crippen LogP contribution in [0.15, 0.2) is 36.4 Å². The Morgan fingerprint density at radius 3 is 2.32 bits per heavy atom. The third-order valence-corrected chi connectivity index (χ3v) is 6.64. The van der Waals surface area contributed by atoms with E-state index in [0.717, 1.165) is 48.6 Å². The molecule has 0 radical (unpaired) electrons. The van der Waals surface area contributed by atoms with Crippen molar-refractivity contribution in [2.45, 2.75) is 40.5 Å². The highest BCUT2D eigenvalue weighted by molar-refractivity contribution is 6.13. The lowest BCUT2D eigenvalue weighted by atomic mass is 9.98. The normalized spacial score (nSPS) is 15.3. The summed E-state index contributed by atoms with van der Waals surface area (Å²) >= 11 is 0. The van der Waals surface area contributed by atoms with Gasteiger partial charge in [-0.15, -0.1) is 0 Å². The first-order valence-electron chi connectivity index (χ1n) is 11.2. The Kier molecular flexibility index (Phi) is 4.94. The Labute approximate surface area is 183 Å². The lowest BCUT2D eigenvalue weighted by Gasteiger charge is -2.32. The van der Waals surface area contributed by atoms with Crippen molar-refractivity contribution < 1.29 is 5.11 Å². The van der Waals surface area contributed by atoms with Gasteiger partial charge in [0.05, 0.1) is 16.6 Å². The standard InChI is InChI=1S/C26H30N4O/c1-16-13-17(2)24(18(3)14-16)30-22-8-6-5-7-21(22)23-25(27-19(4)28-26(23)30)29-11-9-20(15-31)10-12-29/h5-8,13-14,20,31H,9-12,15H2,1-4H3. The molecule has 2 aromatic carbocycles. The second-order valence-corrected chi connectivity index (χ2v) is 9.01. The minimum Gasteiger partial charge on any atom is -0.396 e. The molecule has 1 fully saturated rings. The van der Waals surface area contributed by atoms with E-state index in [1.807, 2.05) is 6.92 Å². The molecule has 4 aromatic rings. The van der Waals surface area contributed by atoms with Gasteiger partial charge in [-0.1, -0.05) is 35.9 Å². The molecule has 0 spiro atoms. The van der Waals surface area contributed by atoms with Crippen molar-refractivity contribution in [1.29, 1.82) is 0 Å². The monoisotopic (exact) mass is 414 g/mol. The molecule has 2 aromatic heterocycles. The summed E-state index contributed by atoms with van der Waals surface area (Å²) in [6, 6.07) is 13.1. The fourth-order valence-electron chi connectivity index (χ4n) is 5.25. The summed E-state index contributed by atoms with van der Waals surface area (Å²) in [5.74, 6) is 2.21. The number of nitrogens with zero attached hydrogens (tertiary/aromatic N) is 4. The van der Waals surface area contributed by atoms with Crippen LogP contribution in [0.5, 0.6) is 0 Å². The first kappa shape index (κ1) is 20.0. The first-order chi connectivity index (χ1) is 15.0. The van der Waals surface area contributed by atoms with Gasteiger partial charge in [-0.3, -0.25) is 4.57 Å². The van der Waals surface area contributed by atoms with Crippen molar-refractivity contribution in [2.75, 3.05) is 24.6 Å². The molecule has 0 aliphatic carbocycles. The molecule has 160 valence electrons. The highest BCUT2D eigenvalue weighted by Crippen LogP contribution is 2.38. The number of rotatable bonds is 3. The predicted octanol–water partition coefficient (Wildman–Crippen LogP) is 5.02. The largest absolute Gasteiger partial charge is 0.396 e. The molecule has 1 aliphatic heterocycles. The molecular formula is C26H30N4O. The number of hydrogen-bond donors (Lipinski definition) is 1. The zero-order chi connectivity index (χ0) is 21.7. The summed E-state index contributed by atoms with van der Waals surface area (Å²) < 4.78 is 2.33. The van der Waals surface area contributed by atoms with Crippen molar-refractivity contribution >= 4 is 27.8 Å². The minimum atomic E-state index is 0.275. The van der Waals surface area contributed by atoms with E-state index in [0.29, 0.717) is 5.92 Å². The van der Waals surface area contributed by atoms with Gasteiger partial charge in [-0.05, 0) is 63.6 Å². The summed E-state index contributed by atoms with van der Waals surface area (Å²) in [5, 5.41) is 11.9. The number of hydrogen-bond acceptors (Lipinski definition) is 4. The fraction of sp³-hybridized carbons (Fsp3) is 0.385. The van der Waals surface area contributed by atoms with Crippen LogP contribution < -0.4 is 4.90 Å². The van der Waals surface area contributed by atoms with Crippen LogP contribution in [0.1, 0.15) is 35.4 Å². The summed E-state index contributed by atoms with van der Waals surface area (Å²) in [4.78, 5) is 12.3. The van der Waals surface area contributed by atoms with Gasteiger partial charge >= 0.3 is 0 Å². The first-order valence-corrected chi connectivity index (χ1v) is 11.2. The molecule has 0 saturated carbocycles. The van der Waals surface area contributed by atoms with E-state index >= 15 is 0 Å². The van der Waals surface area contributed by atoms with Crippen molar-refractivity contribution in [1.82, 2.24) is 14.5 Å². The molecule has 0 bridgehead atoms. The Morgan fingerprint density at radius 2 is 1.65 bits per heavy atom. The van der Waals surface area contributed by atoms with E-state index in [2.05, 4.69) is 66.6 Å². The number of benzene rings is 2. The number of aliphatic hydroxyl groups is 1. The van der Waals surface area contributed by atoms with Crippen LogP contribution in [0.2, 0.25) is 0 Å². The second-order valence-electron chi connectivity index (χ2n) is 9.01. The van der Waals surface area contributed by atoms with Crippen molar-refractivity contribution in [3.05, 3.63) is 58.9 Å². The number of para-hydroxylation sites is 1. The van der Waals surface area contributed by atoms with Crippen LogP contribution in [0.25, 0.3) is 27.6 Å². The van der Waals surface area contributed by atoms with E-state index in [9.17, 15) is 5.11 Å². The van der Waals surface area contributed by atoms with Crippen LogP contribution in [0.4, 0.5) is 5.82 Å². The third kappa shape index (κ3) is 3.28. The maximum Gasteiger partial charge on any atom is 0.151 e. The quantitative estimate of drug-likeness (QED) is 0.512. The number of anilines is 1. The Hall–Kier alpha value is -2.92. The minimum absolute atomic E-state index is 0.275. The van der Waals surface area contributed by atoms with Crippen LogP contribution in [0.3, 0.4) is 0 Å². The van der Waals surface area contributed by atoms with Crippen LogP contribution >= 0.6 is 0 Å². The molecule has 5 heteroatoms. The van der Waals surface area contributed by atoms with Crippen molar-refractivity contribution in [2.24, 2.45) is 5.92 Å². The van der Waals surface area contributed by atoms with Gasteiger partial charge in [-0.25, -0.2) is 9.97 Å². The average Bonchev–Trinajstić information content (AvgIpc) is 3.07. The van der Waals surface area contributed by atoms with E-state index < -0.39 is 0 Å². The summed E-state index contributed by atoms with van der Waals surface area (Å²) in [6.45, 7) is 10.6. The Balaban J connectivity index is 1.82. The van der Waals surface area contributed by atoms with Crippen LogP contribution in [-0.2, 0) is 0 Å². The molecule has 1 saturated heterocycles. The molecule has 3 heterocycles. The zero-order valence-electron chi connectivity index (χ0n) is 18.8. The van der Waals surface area contributed by atoms with E-state index in [1.165, 1.54) is 33.3 Å². The Bertz CT molecular complexity index is 1260. The smallest absolute Gasteiger partial charge is 0.151 e. The topological polar surface area (TPSA) is 54.2 Å². The Morgan fingerprint density at radius 1 is 0.968 bits per heavy atom. The van der Waals surface area contributed by atoms with Gasteiger partial charge in [0.2, 0.25) is 0 Å². The van der Waals surface area contributed by atoms with E-state index in [1.54, 1.807) is 0 Å². The predicted molar refractivity (Wildman–Crippen MR) is 127 cm³/mol. The van der Waals surface area contributed by atoms with Gasteiger partial charge in [0.15, 0.2) is 5.65 Å². The van der Waals surface area contributed by atoms with Gasteiger partial charge in [0.25, 0.3) is 0 Å². The second kappa shape index (κ2) is 7.65. The van der Waals surface area contributed by atoms with Crippen LogP contribution in [0, 0.1) is 33.6 Å². The lowest BCUT2D eigenvalue weighted by Crippen LogP contribution is -2.35. The molecule has 0 unspecified atom stereocenters. The van der Waals surface area contributed by atoms with Gasteiger partial charge in [-0.2, -0.15) is 0 Å². The molecule has 0 atom stereocenters. The SMILES string of the molecule is Cc1cc(C)c(-n2c3ccccc3c3c(N4CCC(CO)CC4)nc(C)nc32)c(C)c1. The molecule has 1 aliphatic rings. The van der Waals surface area contributed by atoms with Gasteiger partial charge < -0.3 is 10.0 Å².